The van der Waals surface area contributed by atoms with Gasteiger partial charge in [-0.1, -0.05) is 60.7 Å². The molecule has 2 aromatic rings. The molecule has 0 saturated carbocycles. The summed E-state index contributed by atoms with van der Waals surface area (Å²) in [4.78, 5) is 25.5. The minimum atomic E-state index is -0.799. The van der Waals surface area contributed by atoms with E-state index in [0.29, 0.717) is 0 Å². The molecule has 0 saturated heterocycles. The first kappa shape index (κ1) is 16.6. The molecule has 0 fully saturated rings. The van der Waals surface area contributed by atoms with E-state index in [1.165, 1.54) is 7.11 Å². The van der Waals surface area contributed by atoms with Crippen LogP contribution in [0.3, 0.4) is 0 Å². The number of methoxy groups -OCH3 is 1. The number of ether oxygens (including phenoxy) is 1. The number of esters is 1. The molecule has 1 N–H and O–H groups in total. The molecular formula is C22H21NO3. The van der Waals surface area contributed by atoms with E-state index in [1.807, 2.05) is 42.5 Å². The van der Waals surface area contributed by atoms with Gasteiger partial charge in [0, 0.05) is 13.0 Å². The maximum absolute atomic E-state index is 13.2. The van der Waals surface area contributed by atoms with E-state index in [4.69, 9.17) is 4.74 Å². The summed E-state index contributed by atoms with van der Waals surface area (Å²) < 4.78 is 4.98. The van der Waals surface area contributed by atoms with Gasteiger partial charge in [0.25, 0.3) is 0 Å². The Morgan fingerprint density at radius 3 is 2.58 bits per heavy atom. The Labute approximate surface area is 152 Å². The topological polar surface area (TPSA) is 55.4 Å². The van der Waals surface area contributed by atoms with Gasteiger partial charge in [-0.2, -0.15) is 0 Å². The van der Waals surface area contributed by atoms with Crippen molar-refractivity contribution in [3.63, 3.8) is 0 Å². The third-order valence-corrected chi connectivity index (χ3v) is 5.72. The molecular weight excluding hydrogens is 326 g/mol. The van der Waals surface area contributed by atoms with E-state index in [1.54, 1.807) is 7.05 Å². The van der Waals surface area contributed by atoms with Crippen molar-refractivity contribution in [2.75, 3.05) is 14.2 Å². The van der Waals surface area contributed by atoms with E-state index in [0.717, 1.165) is 28.7 Å². The van der Waals surface area contributed by atoms with Crippen molar-refractivity contribution in [2.45, 2.75) is 23.7 Å². The summed E-state index contributed by atoms with van der Waals surface area (Å²) in [7, 11) is 3.06. The normalized spacial score (nSPS) is 25.5. The maximum Gasteiger partial charge on any atom is 0.317 e. The van der Waals surface area contributed by atoms with Crippen LogP contribution in [-0.4, -0.2) is 26.0 Å². The summed E-state index contributed by atoms with van der Waals surface area (Å²) in [6.07, 6.45) is 4.51. The predicted molar refractivity (Wildman–Crippen MR) is 99.0 cm³/mol. The van der Waals surface area contributed by atoms with Gasteiger partial charge in [-0.3, -0.25) is 9.59 Å². The molecule has 0 spiro atoms. The first-order valence-electron chi connectivity index (χ1n) is 8.80. The second-order valence-corrected chi connectivity index (χ2v) is 6.86. The Kier molecular flexibility index (Phi) is 3.91. The van der Waals surface area contributed by atoms with Crippen molar-refractivity contribution in [2.24, 2.45) is 0 Å². The fourth-order valence-electron chi connectivity index (χ4n) is 4.61. The second-order valence-electron chi connectivity index (χ2n) is 6.86. The molecule has 0 radical (unpaired) electrons. The van der Waals surface area contributed by atoms with Crippen LogP contribution in [0.5, 0.6) is 0 Å². The molecule has 3 atom stereocenters. The third-order valence-electron chi connectivity index (χ3n) is 5.72. The van der Waals surface area contributed by atoms with Crippen molar-refractivity contribution >= 4 is 11.9 Å². The van der Waals surface area contributed by atoms with E-state index in [2.05, 4.69) is 23.5 Å². The van der Waals surface area contributed by atoms with Gasteiger partial charge < -0.3 is 10.1 Å². The van der Waals surface area contributed by atoms with Gasteiger partial charge in [-0.15, -0.1) is 0 Å². The molecule has 0 unspecified atom stereocenters. The first-order chi connectivity index (χ1) is 12.6. The molecule has 2 aliphatic carbocycles. The number of amides is 1. The molecule has 132 valence electrons. The molecule has 26 heavy (non-hydrogen) atoms. The molecule has 1 amide bonds. The van der Waals surface area contributed by atoms with Crippen molar-refractivity contribution in [1.29, 1.82) is 0 Å². The van der Waals surface area contributed by atoms with Gasteiger partial charge in [0.1, 0.15) is 5.92 Å². The summed E-state index contributed by atoms with van der Waals surface area (Å²) in [6, 6.07) is 16.1. The van der Waals surface area contributed by atoms with Crippen LogP contribution in [0.2, 0.25) is 0 Å². The largest absolute Gasteiger partial charge is 0.468 e. The SMILES string of the molecule is CNC(=O)[C@]12C=C[C@H](C(=O)OC)c3cccc(c31)C[C@H]2c1ccccc1. The fraction of sp³-hybridized carbons (Fsp3) is 0.273. The average molecular weight is 347 g/mol. The zero-order chi connectivity index (χ0) is 18.3. The molecule has 2 aromatic carbocycles. The average Bonchev–Trinajstić information content (AvgIpc) is 3.05. The minimum absolute atomic E-state index is 0.00496. The van der Waals surface area contributed by atoms with Crippen molar-refractivity contribution < 1.29 is 14.3 Å². The smallest absolute Gasteiger partial charge is 0.317 e. The van der Waals surface area contributed by atoms with Crippen LogP contribution in [0.4, 0.5) is 0 Å². The Morgan fingerprint density at radius 1 is 1.12 bits per heavy atom. The summed E-state index contributed by atoms with van der Waals surface area (Å²) in [5.74, 6) is -0.822. The minimum Gasteiger partial charge on any atom is -0.468 e. The number of carbonyl (C=O) groups is 2. The molecule has 4 rings (SSSR count). The van der Waals surface area contributed by atoms with Crippen molar-refractivity contribution in [1.82, 2.24) is 5.32 Å². The lowest BCUT2D eigenvalue weighted by atomic mass is 9.65. The fourth-order valence-corrected chi connectivity index (χ4v) is 4.61. The zero-order valence-electron chi connectivity index (χ0n) is 14.9. The zero-order valence-corrected chi connectivity index (χ0v) is 14.9. The second kappa shape index (κ2) is 6.13. The van der Waals surface area contributed by atoms with Gasteiger partial charge >= 0.3 is 5.97 Å². The number of carbonyl (C=O) groups excluding carboxylic acids is 2. The van der Waals surface area contributed by atoms with Crippen LogP contribution in [0.1, 0.15) is 34.1 Å². The lowest BCUT2D eigenvalue weighted by Crippen LogP contribution is -2.46. The molecule has 4 nitrogen and oxygen atoms in total. The van der Waals surface area contributed by atoms with E-state index in [9.17, 15) is 9.59 Å². The lowest BCUT2D eigenvalue weighted by molar-refractivity contribution is -0.141. The van der Waals surface area contributed by atoms with Gasteiger partial charge in [-0.05, 0) is 28.7 Å². The van der Waals surface area contributed by atoms with E-state index >= 15 is 0 Å². The van der Waals surface area contributed by atoms with Gasteiger partial charge in [0.05, 0.1) is 12.5 Å². The summed E-state index contributed by atoms with van der Waals surface area (Å²) in [5, 5.41) is 2.85. The highest BCUT2D eigenvalue weighted by atomic mass is 16.5. The Morgan fingerprint density at radius 2 is 1.88 bits per heavy atom. The molecule has 0 bridgehead atoms. The molecule has 0 aromatic heterocycles. The molecule has 4 heteroatoms. The number of likely N-dealkylation sites (N-methyl/N-ethyl adjacent to an activating group) is 1. The van der Waals surface area contributed by atoms with Gasteiger partial charge in [-0.25, -0.2) is 0 Å². The number of hydrogen-bond donors (Lipinski definition) is 1. The van der Waals surface area contributed by atoms with E-state index < -0.39 is 11.3 Å². The molecule has 0 heterocycles. The summed E-state index contributed by atoms with van der Waals surface area (Å²) in [6.45, 7) is 0. The van der Waals surface area contributed by atoms with Crippen LogP contribution >= 0.6 is 0 Å². The molecule has 2 aliphatic rings. The van der Waals surface area contributed by atoms with Crippen molar-refractivity contribution in [3.8, 4) is 0 Å². The lowest BCUT2D eigenvalue weighted by Gasteiger charge is -2.37. The van der Waals surface area contributed by atoms with Gasteiger partial charge in [0.2, 0.25) is 5.91 Å². The van der Waals surface area contributed by atoms with Crippen molar-refractivity contribution in [3.05, 3.63) is 82.9 Å². The highest BCUT2D eigenvalue weighted by molar-refractivity contribution is 5.96. The quantitative estimate of drug-likeness (QED) is 0.686. The Hall–Kier alpha value is -2.88. The molecule has 0 aliphatic heterocycles. The first-order valence-corrected chi connectivity index (χ1v) is 8.80. The summed E-state index contributed by atoms with van der Waals surface area (Å²) in [5.41, 5.74) is 3.29. The van der Waals surface area contributed by atoms with Crippen LogP contribution in [0.25, 0.3) is 0 Å². The Balaban J connectivity index is 1.97. The van der Waals surface area contributed by atoms with Crippen LogP contribution in [0, 0.1) is 0 Å². The number of rotatable bonds is 3. The van der Waals surface area contributed by atoms with Crippen LogP contribution in [0.15, 0.2) is 60.7 Å². The summed E-state index contributed by atoms with van der Waals surface area (Å²) >= 11 is 0. The third kappa shape index (κ3) is 2.15. The monoisotopic (exact) mass is 347 g/mol. The highest BCUT2D eigenvalue weighted by Gasteiger charge is 2.54. The highest BCUT2D eigenvalue weighted by Crippen LogP contribution is 2.54. The Bertz CT molecular complexity index is 903. The number of benzene rings is 2. The van der Waals surface area contributed by atoms with Crippen LogP contribution < -0.4 is 5.32 Å². The number of nitrogens with one attached hydrogen (secondary N) is 1. The predicted octanol–water partition coefficient (Wildman–Crippen LogP) is 2.84. The number of hydrogen-bond acceptors (Lipinski definition) is 3. The van der Waals surface area contributed by atoms with Crippen LogP contribution in [-0.2, 0) is 26.2 Å². The van der Waals surface area contributed by atoms with Gasteiger partial charge in [0.15, 0.2) is 0 Å². The van der Waals surface area contributed by atoms with E-state index in [-0.39, 0.29) is 17.8 Å². The maximum atomic E-state index is 13.2. The standard InChI is InChI=1S/C22H21NO3/c1-23-21(25)22-12-11-17(20(24)26-2)16-10-6-9-15(19(16)22)13-18(22)14-7-4-3-5-8-14/h3-12,17-18H,13H2,1-2H3,(H,23,25)/t17-,18-,22-/m0/s1.